The second-order valence-corrected chi connectivity index (χ2v) is 5.78. The number of alkyl halides is 3. The first kappa shape index (κ1) is 16.2. The van der Waals surface area contributed by atoms with Gasteiger partial charge in [-0.3, -0.25) is 9.88 Å². The van der Waals surface area contributed by atoms with E-state index in [1.807, 2.05) is 11.8 Å². The minimum Gasteiger partial charge on any atom is -0.396 e. The van der Waals surface area contributed by atoms with E-state index < -0.39 is 11.7 Å². The van der Waals surface area contributed by atoms with Gasteiger partial charge in [-0.1, -0.05) is 6.92 Å². The van der Waals surface area contributed by atoms with Gasteiger partial charge < -0.3 is 5.11 Å². The van der Waals surface area contributed by atoms with E-state index in [0.29, 0.717) is 13.1 Å². The van der Waals surface area contributed by atoms with Gasteiger partial charge in [-0.25, -0.2) is 0 Å². The van der Waals surface area contributed by atoms with E-state index in [4.69, 9.17) is 0 Å². The van der Waals surface area contributed by atoms with Gasteiger partial charge in [0.1, 0.15) is 0 Å². The van der Waals surface area contributed by atoms with Crippen LogP contribution in [0, 0.1) is 5.41 Å². The number of halogens is 3. The third-order valence-corrected chi connectivity index (χ3v) is 4.57. The predicted molar refractivity (Wildman–Crippen MR) is 73.6 cm³/mol. The Hall–Kier alpha value is -1.14. The Bertz CT molecular complexity index is 462. The van der Waals surface area contributed by atoms with E-state index in [1.54, 1.807) is 0 Å². The van der Waals surface area contributed by atoms with Crippen LogP contribution in [0.5, 0.6) is 0 Å². The zero-order chi connectivity index (χ0) is 15.5. The zero-order valence-corrected chi connectivity index (χ0v) is 12.2. The van der Waals surface area contributed by atoms with Gasteiger partial charge in [-0.15, -0.1) is 0 Å². The van der Waals surface area contributed by atoms with Crippen molar-refractivity contribution in [2.24, 2.45) is 5.41 Å². The number of hydrogen-bond acceptors (Lipinski definition) is 3. The van der Waals surface area contributed by atoms with Crippen molar-refractivity contribution in [2.45, 2.75) is 38.9 Å². The quantitative estimate of drug-likeness (QED) is 0.928. The Labute approximate surface area is 122 Å². The van der Waals surface area contributed by atoms with Crippen molar-refractivity contribution in [3.8, 4) is 0 Å². The number of aromatic nitrogens is 1. The second kappa shape index (κ2) is 6.32. The van der Waals surface area contributed by atoms with Crippen LogP contribution >= 0.6 is 0 Å². The van der Waals surface area contributed by atoms with Crippen LogP contribution in [0.4, 0.5) is 13.2 Å². The molecule has 118 valence electrons. The molecule has 1 aromatic rings. The van der Waals surface area contributed by atoms with Crippen LogP contribution in [0.15, 0.2) is 18.3 Å². The van der Waals surface area contributed by atoms with Gasteiger partial charge in [-0.05, 0) is 49.9 Å². The van der Waals surface area contributed by atoms with Crippen molar-refractivity contribution in [1.82, 2.24) is 9.88 Å². The normalized spacial score (nSPS) is 19.7. The van der Waals surface area contributed by atoms with Crippen LogP contribution in [-0.2, 0) is 12.7 Å². The number of pyridine rings is 1. The van der Waals surface area contributed by atoms with Crippen LogP contribution in [0.3, 0.4) is 0 Å². The smallest absolute Gasteiger partial charge is 0.396 e. The van der Waals surface area contributed by atoms with Crippen molar-refractivity contribution in [1.29, 1.82) is 0 Å². The van der Waals surface area contributed by atoms with Gasteiger partial charge in [0, 0.05) is 19.3 Å². The summed E-state index contributed by atoms with van der Waals surface area (Å²) in [7, 11) is 0. The van der Waals surface area contributed by atoms with Crippen molar-refractivity contribution < 1.29 is 18.3 Å². The third kappa shape index (κ3) is 3.74. The summed E-state index contributed by atoms with van der Waals surface area (Å²) in [6, 6.07) is 2.40. The molecule has 0 radical (unpaired) electrons. The number of aliphatic hydroxyl groups is 1. The summed E-state index contributed by atoms with van der Waals surface area (Å²) in [6.07, 6.45) is -0.437. The van der Waals surface area contributed by atoms with E-state index in [0.717, 1.165) is 25.3 Å². The fourth-order valence-corrected chi connectivity index (χ4v) is 2.84. The SMILES string of the molecule is CCC1(CO)CCN(Cc2ncccc2C(F)(F)F)CC1. The fourth-order valence-electron chi connectivity index (χ4n) is 2.84. The number of likely N-dealkylation sites (tertiary alicyclic amines) is 1. The monoisotopic (exact) mass is 302 g/mol. The minimum atomic E-state index is -4.36. The molecule has 2 rings (SSSR count). The van der Waals surface area contributed by atoms with Crippen LogP contribution in [0.1, 0.15) is 37.4 Å². The van der Waals surface area contributed by atoms with Crippen molar-refractivity contribution in [2.75, 3.05) is 19.7 Å². The first-order chi connectivity index (χ1) is 9.90. The molecule has 1 aliphatic rings. The lowest BCUT2D eigenvalue weighted by Gasteiger charge is -2.40. The standard InChI is InChI=1S/C15H21F3N2O/c1-2-14(11-21)5-8-20(9-6-14)10-13-12(15(16,17)18)4-3-7-19-13/h3-4,7,21H,2,5-6,8-11H2,1H3. The van der Waals surface area contributed by atoms with Gasteiger partial charge in [0.25, 0.3) is 0 Å². The first-order valence-corrected chi connectivity index (χ1v) is 7.24. The summed E-state index contributed by atoms with van der Waals surface area (Å²) in [6.45, 7) is 3.80. The number of nitrogens with zero attached hydrogens (tertiary/aromatic N) is 2. The minimum absolute atomic E-state index is 0.0620. The number of aliphatic hydroxyl groups excluding tert-OH is 1. The van der Waals surface area contributed by atoms with Gasteiger partial charge >= 0.3 is 6.18 Å². The lowest BCUT2D eigenvalue weighted by atomic mass is 9.77. The molecule has 0 amide bonds. The highest BCUT2D eigenvalue weighted by Gasteiger charge is 2.36. The lowest BCUT2D eigenvalue weighted by molar-refractivity contribution is -0.138. The summed E-state index contributed by atoms with van der Waals surface area (Å²) < 4.78 is 38.8. The van der Waals surface area contributed by atoms with E-state index in [9.17, 15) is 18.3 Å². The summed E-state index contributed by atoms with van der Waals surface area (Å²) in [5, 5.41) is 9.49. The average molecular weight is 302 g/mol. The highest BCUT2D eigenvalue weighted by atomic mass is 19.4. The zero-order valence-electron chi connectivity index (χ0n) is 12.2. The van der Waals surface area contributed by atoms with Gasteiger partial charge in [0.2, 0.25) is 0 Å². The van der Waals surface area contributed by atoms with Crippen molar-refractivity contribution >= 4 is 0 Å². The number of hydrogen-bond donors (Lipinski definition) is 1. The maximum Gasteiger partial charge on any atom is 0.418 e. The van der Waals surface area contributed by atoms with E-state index >= 15 is 0 Å². The van der Waals surface area contributed by atoms with Crippen LogP contribution in [0.25, 0.3) is 0 Å². The maximum atomic E-state index is 12.9. The Morgan fingerprint density at radius 3 is 2.52 bits per heavy atom. The summed E-state index contributed by atoms with van der Waals surface area (Å²) in [4.78, 5) is 5.89. The average Bonchev–Trinajstić information content (AvgIpc) is 2.48. The molecule has 3 nitrogen and oxygen atoms in total. The molecular weight excluding hydrogens is 281 g/mol. The molecule has 1 aromatic heterocycles. The lowest BCUT2D eigenvalue weighted by Crippen LogP contribution is -2.41. The molecule has 6 heteroatoms. The van der Waals surface area contributed by atoms with Crippen LogP contribution in [0.2, 0.25) is 0 Å². The molecule has 0 aliphatic carbocycles. The molecule has 1 N–H and O–H groups in total. The third-order valence-electron chi connectivity index (χ3n) is 4.57. The Morgan fingerprint density at radius 1 is 1.33 bits per heavy atom. The van der Waals surface area contributed by atoms with E-state index in [1.165, 1.54) is 12.3 Å². The second-order valence-electron chi connectivity index (χ2n) is 5.78. The molecule has 0 spiro atoms. The molecule has 0 unspecified atom stereocenters. The molecule has 0 bridgehead atoms. The molecule has 0 saturated carbocycles. The highest BCUT2D eigenvalue weighted by Crippen LogP contribution is 2.36. The van der Waals surface area contributed by atoms with Gasteiger partial charge in [0.05, 0.1) is 11.3 Å². The van der Waals surface area contributed by atoms with Crippen LogP contribution < -0.4 is 0 Å². The highest BCUT2D eigenvalue weighted by molar-refractivity contribution is 5.23. The molecular formula is C15H21F3N2O. The molecule has 2 heterocycles. The summed E-state index contributed by atoms with van der Waals surface area (Å²) in [5.74, 6) is 0. The van der Waals surface area contributed by atoms with E-state index in [2.05, 4.69) is 4.98 Å². The summed E-state index contributed by atoms with van der Waals surface area (Å²) in [5.41, 5.74) is -0.634. The van der Waals surface area contributed by atoms with Crippen molar-refractivity contribution in [3.63, 3.8) is 0 Å². The summed E-state index contributed by atoms with van der Waals surface area (Å²) >= 11 is 0. The Kier molecular flexibility index (Phi) is 4.88. The largest absolute Gasteiger partial charge is 0.418 e. The predicted octanol–water partition coefficient (Wildman–Crippen LogP) is 3.08. The molecule has 0 atom stereocenters. The maximum absolute atomic E-state index is 12.9. The molecule has 21 heavy (non-hydrogen) atoms. The molecule has 0 aromatic carbocycles. The molecule has 1 fully saturated rings. The topological polar surface area (TPSA) is 36.4 Å². The van der Waals surface area contributed by atoms with Crippen molar-refractivity contribution in [3.05, 3.63) is 29.6 Å². The first-order valence-electron chi connectivity index (χ1n) is 7.24. The number of rotatable bonds is 4. The van der Waals surface area contributed by atoms with Crippen LogP contribution in [-0.4, -0.2) is 34.7 Å². The Balaban J connectivity index is 2.05. The van der Waals surface area contributed by atoms with E-state index in [-0.39, 0.29) is 24.3 Å². The van der Waals surface area contributed by atoms with Gasteiger partial charge in [0.15, 0.2) is 0 Å². The molecule has 1 saturated heterocycles. The molecule has 1 aliphatic heterocycles. The Morgan fingerprint density at radius 2 is 2.00 bits per heavy atom. The van der Waals surface area contributed by atoms with Gasteiger partial charge in [-0.2, -0.15) is 13.2 Å². The number of piperidine rings is 1. The fraction of sp³-hybridized carbons (Fsp3) is 0.667.